The van der Waals surface area contributed by atoms with Crippen molar-refractivity contribution in [2.45, 2.75) is 95.8 Å². The summed E-state index contributed by atoms with van der Waals surface area (Å²) in [6.07, 6.45) is 15.9. The van der Waals surface area contributed by atoms with Crippen LogP contribution in [0.4, 0.5) is 0 Å². The number of aryl methyl sites for hydroxylation is 2. The first-order chi connectivity index (χ1) is 14.4. The van der Waals surface area contributed by atoms with Gasteiger partial charge in [0.2, 0.25) is 0 Å². The Balaban J connectivity index is 1.75. The number of rotatable bonds is 14. The molecule has 0 aromatic heterocycles. The Kier molecular flexibility index (Phi) is 10.6. The largest absolute Gasteiger partial charge is 0.294 e. The number of hydrogen-bond donors (Lipinski definition) is 1. The third-order valence-electron chi connectivity index (χ3n) is 5.69. The van der Waals surface area contributed by atoms with Crippen molar-refractivity contribution in [3.05, 3.63) is 53.6 Å². The summed E-state index contributed by atoms with van der Waals surface area (Å²) in [4.78, 5) is -0.0694. The average Bonchev–Trinajstić information content (AvgIpc) is 2.71. The summed E-state index contributed by atoms with van der Waals surface area (Å²) >= 11 is 0. The minimum absolute atomic E-state index is 0.0694. The average molecular weight is 431 g/mol. The van der Waals surface area contributed by atoms with Crippen LogP contribution in [0.1, 0.15) is 88.7 Å². The maximum Gasteiger partial charge on any atom is 0.294 e. The van der Waals surface area contributed by atoms with Crippen molar-refractivity contribution in [1.29, 1.82) is 0 Å². The van der Waals surface area contributed by atoms with Crippen LogP contribution in [0.15, 0.2) is 47.4 Å². The van der Waals surface area contributed by atoms with Crippen molar-refractivity contribution in [1.82, 2.24) is 0 Å². The fourth-order valence-corrected chi connectivity index (χ4v) is 4.47. The molecule has 0 aliphatic heterocycles. The highest BCUT2D eigenvalue weighted by molar-refractivity contribution is 7.85. The van der Waals surface area contributed by atoms with E-state index in [0.717, 1.165) is 17.5 Å². The molecule has 0 aliphatic rings. The van der Waals surface area contributed by atoms with Gasteiger partial charge in [-0.3, -0.25) is 4.55 Å². The Labute approximate surface area is 183 Å². The molecular weight excluding hydrogens is 392 g/mol. The summed E-state index contributed by atoms with van der Waals surface area (Å²) in [5, 5.41) is 0. The van der Waals surface area contributed by atoms with E-state index in [1.165, 1.54) is 93.9 Å². The zero-order valence-corrected chi connectivity index (χ0v) is 19.5. The Morgan fingerprint density at radius 3 is 1.77 bits per heavy atom. The minimum atomic E-state index is -4.15. The van der Waals surface area contributed by atoms with E-state index in [2.05, 4.69) is 32.0 Å². The van der Waals surface area contributed by atoms with Crippen LogP contribution in [0.3, 0.4) is 0 Å². The van der Waals surface area contributed by atoms with E-state index in [1.54, 1.807) is 12.1 Å². The summed E-state index contributed by atoms with van der Waals surface area (Å²) < 4.78 is 31.6. The van der Waals surface area contributed by atoms with Crippen molar-refractivity contribution in [3.63, 3.8) is 0 Å². The lowest BCUT2D eigenvalue weighted by molar-refractivity contribution is 0.483. The topological polar surface area (TPSA) is 54.4 Å². The molecular formula is C26H38O3S. The molecule has 0 spiro atoms. The smallest absolute Gasteiger partial charge is 0.282 e. The van der Waals surface area contributed by atoms with Gasteiger partial charge >= 0.3 is 0 Å². The lowest BCUT2D eigenvalue weighted by atomic mass is 9.97. The zero-order chi connectivity index (χ0) is 21.8. The summed E-state index contributed by atoms with van der Waals surface area (Å²) in [5.41, 5.74) is 4.60. The first kappa shape index (κ1) is 24.6. The highest BCUT2D eigenvalue weighted by Gasteiger charge is 2.09. The molecule has 2 aromatic carbocycles. The Hall–Kier alpha value is -1.65. The number of unbranched alkanes of at least 4 members (excludes halogenated alkanes) is 10. The predicted molar refractivity (Wildman–Crippen MR) is 127 cm³/mol. The van der Waals surface area contributed by atoms with Crippen LogP contribution in [-0.4, -0.2) is 13.0 Å². The summed E-state index contributed by atoms with van der Waals surface area (Å²) in [6, 6.07) is 13.0. The molecule has 166 valence electrons. The van der Waals surface area contributed by atoms with Crippen molar-refractivity contribution in [2.24, 2.45) is 0 Å². The molecule has 1 N–H and O–H groups in total. The normalized spacial score (nSPS) is 11.7. The van der Waals surface area contributed by atoms with Gasteiger partial charge in [-0.2, -0.15) is 8.42 Å². The van der Waals surface area contributed by atoms with E-state index < -0.39 is 10.1 Å². The molecule has 0 saturated heterocycles. The van der Waals surface area contributed by atoms with Gasteiger partial charge in [0.1, 0.15) is 0 Å². The van der Waals surface area contributed by atoms with Crippen molar-refractivity contribution in [3.8, 4) is 11.1 Å². The van der Waals surface area contributed by atoms with Gasteiger partial charge in [0.25, 0.3) is 10.1 Å². The third-order valence-corrected chi connectivity index (χ3v) is 6.56. The molecule has 0 saturated carbocycles. The fraction of sp³-hybridized carbons (Fsp3) is 0.538. The van der Waals surface area contributed by atoms with Crippen molar-refractivity contribution < 1.29 is 13.0 Å². The molecule has 2 aromatic rings. The van der Waals surface area contributed by atoms with Gasteiger partial charge < -0.3 is 0 Å². The molecule has 2 rings (SSSR count). The lowest BCUT2D eigenvalue weighted by Crippen LogP contribution is -1.97. The van der Waals surface area contributed by atoms with Crippen LogP contribution in [-0.2, 0) is 16.5 Å². The van der Waals surface area contributed by atoms with Gasteiger partial charge in [-0.25, -0.2) is 0 Å². The van der Waals surface area contributed by atoms with Crippen LogP contribution < -0.4 is 0 Å². The first-order valence-electron chi connectivity index (χ1n) is 11.6. The van der Waals surface area contributed by atoms with E-state index in [1.807, 2.05) is 0 Å². The predicted octanol–water partition coefficient (Wildman–Crippen LogP) is 7.76. The maximum atomic E-state index is 11.2. The van der Waals surface area contributed by atoms with E-state index in [9.17, 15) is 8.42 Å². The molecule has 0 unspecified atom stereocenters. The van der Waals surface area contributed by atoms with Crippen LogP contribution in [0.25, 0.3) is 11.1 Å². The molecule has 0 heterocycles. The monoisotopic (exact) mass is 430 g/mol. The van der Waals surface area contributed by atoms with Gasteiger partial charge in [0.15, 0.2) is 0 Å². The maximum absolute atomic E-state index is 11.2. The highest BCUT2D eigenvalue weighted by atomic mass is 32.2. The van der Waals surface area contributed by atoms with E-state index >= 15 is 0 Å². The third kappa shape index (κ3) is 9.01. The molecule has 4 heteroatoms. The number of benzene rings is 2. The van der Waals surface area contributed by atoms with Crippen LogP contribution in [0.2, 0.25) is 0 Å². The van der Waals surface area contributed by atoms with Gasteiger partial charge in [0.05, 0.1) is 4.90 Å². The SMILES string of the molecule is CCCCCCCCCCCCCc1cc(C)cc(-c2ccc(S(=O)(=O)O)cc2)c1. The molecule has 30 heavy (non-hydrogen) atoms. The Bertz CT molecular complexity index is 854. The minimum Gasteiger partial charge on any atom is -0.282 e. The quantitative estimate of drug-likeness (QED) is 0.246. The van der Waals surface area contributed by atoms with Gasteiger partial charge in [-0.15, -0.1) is 0 Å². The van der Waals surface area contributed by atoms with E-state index in [4.69, 9.17) is 4.55 Å². The van der Waals surface area contributed by atoms with Gasteiger partial charge in [-0.05, 0) is 48.6 Å². The van der Waals surface area contributed by atoms with Gasteiger partial charge in [-0.1, -0.05) is 107 Å². The summed E-state index contributed by atoms with van der Waals surface area (Å²) in [5.74, 6) is 0. The molecule has 0 fully saturated rings. The second kappa shape index (κ2) is 12.9. The second-order valence-corrected chi connectivity index (χ2v) is 9.91. The van der Waals surface area contributed by atoms with E-state index in [0.29, 0.717) is 0 Å². The second-order valence-electron chi connectivity index (χ2n) is 8.49. The molecule has 0 bridgehead atoms. The molecule has 0 radical (unpaired) electrons. The Morgan fingerprint density at radius 1 is 0.700 bits per heavy atom. The van der Waals surface area contributed by atoms with E-state index in [-0.39, 0.29) is 4.90 Å². The first-order valence-corrected chi connectivity index (χ1v) is 13.0. The zero-order valence-electron chi connectivity index (χ0n) is 18.7. The standard InChI is InChI=1S/C26H38O3S/c1-3-4-5-6-7-8-9-10-11-12-13-14-23-19-22(2)20-25(21-23)24-15-17-26(18-16-24)30(27,28)29/h15-21H,3-14H2,1-2H3,(H,27,28,29). The highest BCUT2D eigenvalue weighted by Crippen LogP contribution is 2.25. The molecule has 0 amide bonds. The van der Waals surface area contributed by atoms with Gasteiger partial charge in [0, 0.05) is 0 Å². The Morgan fingerprint density at radius 2 is 1.23 bits per heavy atom. The fourth-order valence-electron chi connectivity index (χ4n) is 3.99. The summed E-state index contributed by atoms with van der Waals surface area (Å²) in [6.45, 7) is 4.36. The molecule has 0 atom stereocenters. The van der Waals surface area contributed by atoms with Crippen molar-refractivity contribution in [2.75, 3.05) is 0 Å². The number of hydrogen-bond acceptors (Lipinski definition) is 2. The molecule has 3 nitrogen and oxygen atoms in total. The van der Waals surface area contributed by atoms with Crippen molar-refractivity contribution >= 4 is 10.1 Å². The van der Waals surface area contributed by atoms with Crippen LogP contribution in [0, 0.1) is 6.92 Å². The molecule has 0 aliphatic carbocycles. The van der Waals surface area contributed by atoms with Crippen LogP contribution >= 0.6 is 0 Å². The summed E-state index contributed by atoms with van der Waals surface area (Å²) in [7, 11) is -4.15. The van der Waals surface area contributed by atoms with Crippen LogP contribution in [0.5, 0.6) is 0 Å². The lowest BCUT2D eigenvalue weighted by Gasteiger charge is -2.09.